The van der Waals surface area contributed by atoms with Gasteiger partial charge in [0.1, 0.15) is 17.2 Å². The van der Waals surface area contributed by atoms with Gasteiger partial charge in [-0.15, -0.1) is 0 Å². The van der Waals surface area contributed by atoms with Crippen LogP contribution < -0.4 is 14.4 Å². The quantitative estimate of drug-likeness (QED) is 0.463. The van der Waals surface area contributed by atoms with Gasteiger partial charge in [-0.05, 0) is 76.1 Å². The van der Waals surface area contributed by atoms with Gasteiger partial charge in [0.25, 0.3) is 15.9 Å². The van der Waals surface area contributed by atoms with Crippen molar-refractivity contribution in [2.45, 2.75) is 107 Å². The van der Waals surface area contributed by atoms with E-state index in [1.165, 1.54) is 25.3 Å². The number of nitrogens with zero attached hydrogens (tertiary/aromatic N) is 3. The number of ether oxygens (including phenoxy) is 2. The second kappa shape index (κ2) is 10.7. The molecular weight excluding hydrogens is 568 g/mol. The molecule has 2 aromatic rings. The van der Waals surface area contributed by atoms with Gasteiger partial charge in [-0.25, -0.2) is 14.5 Å². The van der Waals surface area contributed by atoms with Crippen LogP contribution in [-0.4, -0.2) is 66.7 Å². The number of pyridine rings is 1. The van der Waals surface area contributed by atoms with E-state index in [2.05, 4.69) is 15.8 Å². The summed E-state index contributed by atoms with van der Waals surface area (Å²) in [6.45, 7) is 9.19. The number of hydrogen-bond donors (Lipinski definition) is 1. The Morgan fingerprint density at radius 3 is 2.33 bits per heavy atom. The normalized spacial score (nSPS) is 21.0. The summed E-state index contributed by atoms with van der Waals surface area (Å²) in [7, 11) is -4.24. The molecule has 11 heteroatoms. The van der Waals surface area contributed by atoms with E-state index in [0.29, 0.717) is 50.0 Å². The monoisotopic (exact) mass is 610 g/mol. The average molecular weight is 611 g/mol. The first-order valence-electron chi connectivity index (χ1n) is 15.4. The first-order valence-corrected chi connectivity index (χ1v) is 16.9. The number of anilines is 1. The van der Waals surface area contributed by atoms with Crippen molar-refractivity contribution < 1.29 is 27.5 Å². The molecule has 2 saturated carbocycles. The second-order valence-corrected chi connectivity index (χ2v) is 15.3. The van der Waals surface area contributed by atoms with Crippen molar-refractivity contribution in [1.82, 2.24) is 14.6 Å². The third kappa shape index (κ3) is 5.80. The molecule has 1 aromatic heterocycles. The van der Waals surface area contributed by atoms with Crippen LogP contribution in [0.5, 0.6) is 5.75 Å². The van der Waals surface area contributed by atoms with E-state index in [9.17, 15) is 18.0 Å². The molecule has 0 atom stereocenters. The number of para-hydroxylation sites is 1. The summed E-state index contributed by atoms with van der Waals surface area (Å²) in [5.74, 6) is 0.909. The number of aryl methyl sites for hydroxylation is 1. The number of carbonyl (C=O) groups excluding carboxylic acids is 2. The van der Waals surface area contributed by atoms with Gasteiger partial charge < -0.3 is 14.4 Å². The molecule has 2 saturated heterocycles. The predicted molar refractivity (Wildman–Crippen MR) is 162 cm³/mol. The van der Waals surface area contributed by atoms with E-state index in [1.54, 1.807) is 17.0 Å². The molecule has 1 aromatic carbocycles. The highest BCUT2D eigenvalue weighted by Gasteiger charge is 2.57. The van der Waals surface area contributed by atoms with E-state index in [0.717, 1.165) is 30.4 Å². The number of carbonyl (C=O) groups is 2. The summed E-state index contributed by atoms with van der Waals surface area (Å²) in [5.41, 5.74) is -0.0505. The first kappa shape index (κ1) is 29.7. The number of sulfonamides is 1. The maximum Gasteiger partial charge on any atom is 0.410 e. The Kier molecular flexibility index (Phi) is 7.38. The minimum absolute atomic E-state index is 0.230. The topological polar surface area (TPSA) is 118 Å². The maximum absolute atomic E-state index is 13.4. The summed E-state index contributed by atoms with van der Waals surface area (Å²) < 4.78 is 40.9. The number of aromatic nitrogens is 1. The number of amides is 2. The number of likely N-dealkylation sites (tertiary alicyclic amines) is 1. The van der Waals surface area contributed by atoms with E-state index in [4.69, 9.17) is 9.47 Å². The van der Waals surface area contributed by atoms with Crippen molar-refractivity contribution >= 4 is 27.8 Å². The number of hydrogen-bond acceptors (Lipinski definition) is 8. The van der Waals surface area contributed by atoms with E-state index >= 15 is 0 Å². The van der Waals surface area contributed by atoms with Gasteiger partial charge in [-0.2, -0.15) is 8.42 Å². The Balaban J connectivity index is 1.12. The van der Waals surface area contributed by atoms with Crippen LogP contribution in [0.4, 0.5) is 10.6 Å². The van der Waals surface area contributed by atoms with Crippen LogP contribution in [0.25, 0.3) is 0 Å². The molecule has 1 N–H and O–H groups in total. The number of nitrogens with one attached hydrogen (secondary N) is 1. The van der Waals surface area contributed by atoms with Crippen LogP contribution in [0, 0.1) is 6.92 Å². The van der Waals surface area contributed by atoms with Gasteiger partial charge >= 0.3 is 6.09 Å². The lowest BCUT2D eigenvalue weighted by Gasteiger charge is -2.62. The van der Waals surface area contributed by atoms with Crippen LogP contribution in [0.1, 0.15) is 89.2 Å². The standard InChI is InChI=1S/C32H42N4O6S/c1-22-10-8-13-24(23-11-6-5-7-12-23)27(22)41-32(16-17-32)28(37)34-43(39,40)26-15-9-14-25(33-26)35-20-31(21-35)18-19-36(31)29(38)42-30(2,3)4/h8-10,13-15,23H,5-7,11-12,16-21H2,1-4H3,(H,34,37). The second-order valence-electron chi connectivity index (χ2n) is 13.7. The summed E-state index contributed by atoms with van der Waals surface area (Å²) >= 11 is 0. The molecule has 4 aliphatic rings. The molecule has 0 bridgehead atoms. The highest BCUT2D eigenvalue weighted by Crippen LogP contribution is 2.46. The Morgan fingerprint density at radius 1 is 1.00 bits per heavy atom. The van der Waals surface area contributed by atoms with Gasteiger partial charge in [0.05, 0.1) is 5.54 Å². The van der Waals surface area contributed by atoms with Crippen molar-refractivity contribution in [1.29, 1.82) is 0 Å². The van der Waals surface area contributed by atoms with Crippen molar-refractivity contribution in [3.05, 3.63) is 47.5 Å². The third-order valence-corrected chi connectivity index (χ3v) is 10.4. The SMILES string of the molecule is Cc1cccc(C2CCCCC2)c1OC1(C(=O)NS(=O)(=O)c2cccc(N3CC4(CCN4C(=O)OC(C)(C)C)C3)n2)CC1. The molecule has 43 heavy (non-hydrogen) atoms. The van der Waals surface area contributed by atoms with Crippen molar-refractivity contribution in [3.8, 4) is 5.75 Å². The molecule has 0 radical (unpaired) electrons. The van der Waals surface area contributed by atoms with Crippen LogP contribution >= 0.6 is 0 Å². The van der Waals surface area contributed by atoms with E-state index in [1.807, 2.05) is 44.7 Å². The Hall–Kier alpha value is -3.34. The molecule has 232 valence electrons. The summed E-state index contributed by atoms with van der Waals surface area (Å²) in [6, 6.07) is 10.8. The van der Waals surface area contributed by atoms with Gasteiger partial charge in [0.15, 0.2) is 10.6 Å². The fourth-order valence-corrected chi connectivity index (χ4v) is 7.53. The van der Waals surface area contributed by atoms with Crippen molar-refractivity contribution in [2.24, 2.45) is 0 Å². The van der Waals surface area contributed by atoms with Crippen molar-refractivity contribution in [2.75, 3.05) is 24.5 Å². The molecule has 2 aliphatic carbocycles. The summed E-state index contributed by atoms with van der Waals surface area (Å²) in [4.78, 5) is 34.2. The first-order chi connectivity index (χ1) is 20.3. The molecule has 4 fully saturated rings. The van der Waals surface area contributed by atoms with Gasteiger partial charge in [0, 0.05) is 32.5 Å². The summed E-state index contributed by atoms with van der Waals surface area (Å²) in [5, 5.41) is -0.230. The van der Waals surface area contributed by atoms with Crippen LogP contribution in [0.15, 0.2) is 41.4 Å². The summed E-state index contributed by atoms with van der Waals surface area (Å²) in [6.07, 6.45) is 7.18. The molecule has 0 unspecified atom stereocenters. The van der Waals surface area contributed by atoms with E-state index < -0.39 is 27.1 Å². The highest BCUT2D eigenvalue weighted by atomic mass is 32.2. The molecule has 3 heterocycles. The lowest BCUT2D eigenvalue weighted by Crippen LogP contribution is -2.78. The minimum atomic E-state index is -4.24. The van der Waals surface area contributed by atoms with Crippen LogP contribution in [-0.2, 0) is 19.6 Å². The lowest BCUT2D eigenvalue weighted by atomic mass is 9.78. The fraction of sp³-hybridized carbons (Fsp3) is 0.594. The number of benzene rings is 1. The van der Waals surface area contributed by atoms with Gasteiger partial charge in [-0.1, -0.05) is 43.5 Å². The Bertz CT molecular complexity index is 1520. The minimum Gasteiger partial charge on any atom is -0.477 e. The Morgan fingerprint density at radius 2 is 1.70 bits per heavy atom. The smallest absolute Gasteiger partial charge is 0.410 e. The predicted octanol–water partition coefficient (Wildman–Crippen LogP) is 5.05. The molecule has 6 rings (SSSR count). The molecule has 1 spiro atoms. The zero-order valence-corrected chi connectivity index (χ0v) is 26.3. The zero-order valence-electron chi connectivity index (χ0n) is 25.5. The fourth-order valence-electron chi connectivity index (χ4n) is 6.53. The molecule has 2 aliphatic heterocycles. The van der Waals surface area contributed by atoms with Crippen LogP contribution in [0.3, 0.4) is 0 Å². The maximum atomic E-state index is 13.4. The largest absolute Gasteiger partial charge is 0.477 e. The third-order valence-electron chi connectivity index (χ3n) is 9.20. The molecular formula is C32H42N4O6S. The molecule has 10 nitrogen and oxygen atoms in total. The van der Waals surface area contributed by atoms with Crippen LogP contribution in [0.2, 0.25) is 0 Å². The van der Waals surface area contributed by atoms with E-state index in [-0.39, 0.29) is 16.7 Å². The highest BCUT2D eigenvalue weighted by molar-refractivity contribution is 7.90. The average Bonchev–Trinajstić information content (AvgIpc) is 3.69. The Labute approximate surface area is 254 Å². The van der Waals surface area contributed by atoms with Crippen molar-refractivity contribution in [3.63, 3.8) is 0 Å². The van der Waals surface area contributed by atoms with Gasteiger partial charge in [-0.3, -0.25) is 9.69 Å². The number of rotatable bonds is 7. The molecule has 2 amide bonds. The van der Waals surface area contributed by atoms with Gasteiger partial charge in [0.2, 0.25) is 0 Å². The zero-order chi connectivity index (χ0) is 30.6. The lowest BCUT2D eigenvalue weighted by molar-refractivity contribution is -0.128.